The molecule has 2 saturated heterocycles. The van der Waals surface area contributed by atoms with E-state index in [2.05, 4.69) is 42.8 Å². The van der Waals surface area contributed by atoms with Gasteiger partial charge in [0.15, 0.2) is 11.8 Å². The molecule has 1 unspecified atom stereocenters. The fraction of sp³-hybridized carbons (Fsp3) is 0.650. The van der Waals surface area contributed by atoms with Gasteiger partial charge in [0.05, 0.1) is 6.54 Å². The molecule has 0 amide bonds. The summed E-state index contributed by atoms with van der Waals surface area (Å²) in [5.41, 5.74) is 0. The second-order valence-corrected chi connectivity index (χ2v) is 8.94. The van der Waals surface area contributed by atoms with Crippen LogP contribution in [-0.2, 0) is 20.1 Å². The van der Waals surface area contributed by atoms with Crippen LogP contribution in [0.5, 0.6) is 0 Å². The minimum Gasteiger partial charge on any atom is -0.351 e. The zero-order valence-electron chi connectivity index (χ0n) is 17.4. The molecule has 9 heteroatoms. The van der Waals surface area contributed by atoms with E-state index in [0.29, 0.717) is 6.54 Å². The predicted octanol–water partition coefficient (Wildman–Crippen LogP) is 2.87. The first-order chi connectivity index (χ1) is 13.7. The average Bonchev–Trinajstić information content (AvgIpc) is 3.48. The lowest BCUT2D eigenvalue weighted by Crippen LogP contribution is -2.40. The molecule has 2 aromatic heterocycles. The third kappa shape index (κ3) is 5.91. The Kier molecular flexibility index (Phi) is 8.31. The number of aryl methyl sites for hydroxylation is 1. The Hall–Kier alpha value is -1.20. The number of aromatic nitrogens is 3. The molecule has 160 valence electrons. The molecule has 7 nitrogen and oxygen atoms in total. The van der Waals surface area contributed by atoms with Gasteiger partial charge in [0.25, 0.3) is 0 Å². The number of nitrogens with one attached hydrogen (secondary N) is 1. The maximum atomic E-state index is 4.91. The van der Waals surface area contributed by atoms with Crippen molar-refractivity contribution in [3.63, 3.8) is 0 Å². The predicted molar refractivity (Wildman–Crippen MR) is 129 cm³/mol. The van der Waals surface area contributed by atoms with Crippen molar-refractivity contribution < 1.29 is 0 Å². The quantitative estimate of drug-likeness (QED) is 0.355. The molecule has 0 aromatic carbocycles. The van der Waals surface area contributed by atoms with Crippen LogP contribution in [0.2, 0.25) is 0 Å². The Morgan fingerprint density at radius 1 is 1.28 bits per heavy atom. The summed E-state index contributed by atoms with van der Waals surface area (Å²) in [4.78, 5) is 11.3. The van der Waals surface area contributed by atoms with Crippen LogP contribution in [0.15, 0.2) is 22.5 Å². The fourth-order valence-electron chi connectivity index (χ4n) is 4.09. The van der Waals surface area contributed by atoms with E-state index in [0.717, 1.165) is 43.2 Å². The lowest BCUT2D eigenvalue weighted by Gasteiger charge is -2.23. The van der Waals surface area contributed by atoms with Gasteiger partial charge in [-0.1, -0.05) is 6.07 Å². The second kappa shape index (κ2) is 10.7. The first kappa shape index (κ1) is 22.5. The number of hydrogen-bond donors (Lipinski definition) is 1. The van der Waals surface area contributed by atoms with E-state index in [4.69, 9.17) is 4.99 Å². The molecule has 2 aromatic rings. The molecule has 2 aliphatic heterocycles. The number of thiophene rings is 1. The molecule has 0 aliphatic carbocycles. The Bertz CT molecular complexity index is 783. The third-order valence-corrected chi connectivity index (χ3v) is 6.73. The molecule has 2 fully saturated rings. The Balaban J connectivity index is 0.00000240. The van der Waals surface area contributed by atoms with Gasteiger partial charge >= 0.3 is 0 Å². The van der Waals surface area contributed by atoms with Crippen molar-refractivity contribution in [2.24, 2.45) is 18.0 Å². The Morgan fingerprint density at radius 2 is 2.10 bits per heavy atom. The van der Waals surface area contributed by atoms with Gasteiger partial charge in [-0.2, -0.15) is 0 Å². The molecule has 4 rings (SSSR count). The molecular formula is C20H32IN7S. The van der Waals surface area contributed by atoms with Crippen LogP contribution in [0, 0.1) is 12.8 Å². The molecule has 1 N–H and O–H groups in total. The molecule has 1 atom stereocenters. The van der Waals surface area contributed by atoms with Crippen LogP contribution < -0.4 is 5.32 Å². The number of rotatable bonds is 6. The van der Waals surface area contributed by atoms with Crippen LogP contribution in [0.25, 0.3) is 0 Å². The zero-order valence-corrected chi connectivity index (χ0v) is 20.5. The van der Waals surface area contributed by atoms with E-state index in [-0.39, 0.29) is 24.0 Å². The topological polar surface area (TPSA) is 61.6 Å². The van der Waals surface area contributed by atoms with Crippen LogP contribution in [0.3, 0.4) is 0 Å². The lowest BCUT2D eigenvalue weighted by atomic mass is 10.1. The minimum atomic E-state index is 0. The maximum Gasteiger partial charge on any atom is 0.194 e. The number of aliphatic imine (C=N–C) groups is 1. The molecule has 2 aliphatic rings. The van der Waals surface area contributed by atoms with Crippen molar-refractivity contribution in [1.29, 1.82) is 0 Å². The Morgan fingerprint density at radius 3 is 2.79 bits per heavy atom. The number of hydrogen-bond acceptors (Lipinski definition) is 5. The maximum absolute atomic E-state index is 4.91. The highest BCUT2D eigenvalue weighted by Gasteiger charge is 2.27. The van der Waals surface area contributed by atoms with E-state index in [1.807, 2.05) is 18.5 Å². The molecule has 0 radical (unpaired) electrons. The molecule has 0 bridgehead atoms. The van der Waals surface area contributed by atoms with Crippen LogP contribution in [0.4, 0.5) is 0 Å². The number of nitrogens with zero attached hydrogens (tertiary/aromatic N) is 6. The highest BCUT2D eigenvalue weighted by molar-refractivity contribution is 14.0. The van der Waals surface area contributed by atoms with Gasteiger partial charge in [-0.25, -0.2) is 4.99 Å². The second-order valence-electron chi connectivity index (χ2n) is 7.90. The lowest BCUT2D eigenvalue weighted by molar-refractivity contribution is 0.281. The standard InChI is InChI=1S/C20H31N7S.HI/c1-16-23-24-19(25(16)2)13-22-20(21-12-18-6-5-11-28-18)27-10-7-17(15-27)14-26-8-3-4-9-26;/h5-6,11,17H,3-4,7-10,12-15H2,1-2H3,(H,21,22);1H. The smallest absolute Gasteiger partial charge is 0.194 e. The molecule has 0 saturated carbocycles. The van der Waals surface area contributed by atoms with Gasteiger partial charge in [-0.3, -0.25) is 0 Å². The number of likely N-dealkylation sites (tertiary alicyclic amines) is 2. The normalized spacial score (nSPS) is 20.3. The van der Waals surface area contributed by atoms with Gasteiger partial charge in [0.1, 0.15) is 12.4 Å². The molecule has 4 heterocycles. The van der Waals surface area contributed by atoms with E-state index >= 15 is 0 Å². The molecule has 29 heavy (non-hydrogen) atoms. The zero-order chi connectivity index (χ0) is 19.3. The van der Waals surface area contributed by atoms with E-state index in [1.165, 1.54) is 43.8 Å². The van der Waals surface area contributed by atoms with Crippen molar-refractivity contribution in [2.75, 3.05) is 32.7 Å². The van der Waals surface area contributed by atoms with E-state index in [9.17, 15) is 0 Å². The monoisotopic (exact) mass is 529 g/mol. The summed E-state index contributed by atoms with van der Waals surface area (Å²) >= 11 is 1.78. The highest BCUT2D eigenvalue weighted by atomic mass is 127. The first-order valence-electron chi connectivity index (χ1n) is 10.3. The summed E-state index contributed by atoms with van der Waals surface area (Å²) in [6.45, 7) is 9.30. The van der Waals surface area contributed by atoms with Crippen molar-refractivity contribution in [2.45, 2.75) is 39.3 Å². The Labute approximate surface area is 194 Å². The van der Waals surface area contributed by atoms with Gasteiger partial charge < -0.3 is 19.7 Å². The summed E-state index contributed by atoms with van der Waals surface area (Å²) in [6, 6.07) is 4.27. The summed E-state index contributed by atoms with van der Waals surface area (Å²) in [5.74, 6) is 3.56. The van der Waals surface area contributed by atoms with Gasteiger partial charge in [-0.15, -0.1) is 45.5 Å². The highest BCUT2D eigenvalue weighted by Crippen LogP contribution is 2.20. The van der Waals surface area contributed by atoms with Crippen molar-refractivity contribution in [3.8, 4) is 0 Å². The molecular weight excluding hydrogens is 497 g/mol. The van der Waals surface area contributed by atoms with Crippen LogP contribution in [0.1, 0.15) is 35.8 Å². The van der Waals surface area contributed by atoms with Crippen LogP contribution in [-0.4, -0.2) is 63.2 Å². The number of guanidine groups is 1. The SMILES string of the molecule is Cc1nnc(CN=C(NCc2cccs2)N2CCC(CN3CCCC3)C2)n1C.I. The summed E-state index contributed by atoms with van der Waals surface area (Å²) in [5, 5.41) is 14.1. The van der Waals surface area contributed by atoms with E-state index in [1.54, 1.807) is 11.3 Å². The minimum absolute atomic E-state index is 0. The average molecular weight is 529 g/mol. The largest absolute Gasteiger partial charge is 0.351 e. The summed E-state index contributed by atoms with van der Waals surface area (Å²) < 4.78 is 2.01. The van der Waals surface area contributed by atoms with Gasteiger partial charge in [-0.05, 0) is 56.6 Å². The van der Waals surface area contributed by atoms with Crippen molar-refractivity contribution in [1.82, 2.24) is 29.9 Å². The van der Waals surface area contributed by atoms with Crippen molar-refractivity contribution in [3.05, 3.63) is 34.0 Å². The van der Waals surface area contributed by atoms with E-state index < -0.39 is 0 Å². The molecule has 0 spiro atoms. The number of halogens is 1. The third-order valence-electron chi connectivity index (χ3n) is 5.85. The van der Waals surface area contributed by atoms with Gasteiger partial charge in [0.2, 0.25) is 0 Å². The summed E-state index contributed by atoms with van der Waals surface area (Å²) in [7, 11) is 2.00. The summed E-state index contributed by atoms with van der Waals surface area (Å²) in [6.07, 6.45) is 3.98. The van der Waals surface area contributed by atoms with Crippen molar-refractivity contribution >= 4 is 41.3 Å². The van der Waals surface area contributed by atoms with Gasteiger partial charge in [0, 0.05) is 31.6 Å². The van der Waals surface area contributed by atoms with Crippen LogP contribution >= 0.6 is 35.3 Å². The first-order valence-corrected chi connectivity index (χ1v) is 11.2. The fourth-order valence-corrected chi connectivity index (χ4v) is 4.73.